The molecule has 3 aliphatic heterocycles. The lowest BCUT2D eigenvalue weighted by atomic mass is 9.94. The van der Waals surface area contributed by atoms with Crippen molar-refractivity contribution in [1.82, 2.24) is 4.90 Å². The molecule has 0 radical (unpaired) electrons. The molecule has 0 spiro atoms. The van der Waals surface area contributed by atoms with Gasteiger partial charge in [0.25, 0.3) is 16.6 Å². The third-order valence-corrected chi connectivity index (χ3v) is 33.2. The zero-order valence-corrected chi connectivity index (χ0v) is 78.1. The molecule has 0 bridgehead atoms. The van der Waals surface area contributed by atoms with E-state index in [1.165, 1.54) is 34.6 Å². The molecule has 3 heterocycles. The molecular formula is C102H120N4O23Si2. The first-order chi connectivity index (χ1) is 63.2. The summed E-state index contributed by atoms with van der Waals surface area (Å²) in [5.74, 6) is -3.39. The minimum absolute atomic E-state index is 0.00285. The number of azide groups is 1. The topological polar surface area (TPSA) is 311 Å². The Morgan fingerprint density at radius 1 is 0.351 bits per heavy atom. The molecule has 0 aliphatic carbocycles. The summed E-state index contributed by atoms with van der Waals surface area (Å²) in [5.41, 5.74) is 15.8. The lowest BCUT2D eigenvalue weighted by Gasteiger charge is -2.51. The highest BCUT2D eigenvalue weighted by Gasteiger charge is 2.61. The molecule has 3 aliphatic rings. The summed E-state index contributed by atoms with van der Waals surface area (Å²) in [6, 6.07) is 82.9. The quantitative estimate of drug-likeness (QED) is 0.00652. The molecule has 27 nitrogen and oxygen atoms in total. The number of nitrogens with zero attached hydrogens (tertiary/aromatic N) is 4. The van der Waals surface area contributed by atoms with E-state index in [4.69, 9.17) is 79.9 Å². The van der Waals surface area contributed by atoms with Crippen molar-refractivity contribution >= 4 is 73.3 Å². The highest BCUT2D eigenvalue weighted by atomic mass is 28.4. The van der Waals surface area contributed by atoms with Gasteiger partial charge in [-0.2, -0.15) is 0 Å². The molecule has 9 aromatic rings. The highest BCUT2D eigenvalue weighted by molar-refractivity contribution is 7.00. The first kappa shape index (κ1) is 98.9. The van der Waals surface area contributed by atoms with Gasteiger partial charge in [0.2, 0.25) is 0 Å². The van der Waals surface area contributed by atoms with Crippen LogP contribution in [0.1, 0.15) is 129 Å². The molecule has 29 heteroatoms. The van der Waals surface area contributed by atoms with Crippen molar-refractivity contribution in [2.24, 2.45) is 5.11 Å². The van der Waals surface area contributed by atoms with E-state index in [0.29, 0.717) is 42.5 Å². The van der Waals surface area contributed by atoms with E-state index in [1.54, 1.807) is 4.90 Å². The SMILES string of the molecule is CC(=O)OCc1ccc(COC(=O)N(CCCCCO[C@@H]2O[C@@H](CO[Si](c3ccccc3)(c3ccccc3)C(C)(C)C)[C@@H](O[C@H]3O[C@H](COC(C)=O)[C@@H](O[C@@H]4O[C@@H](CO[Si](c5ccccc5)(c5ccccc5)C(C)(C)C)[C@@H](OC(C)=O)[C@H](OCc5ccccc5)[C@H]4OC(C)=O)[C@H](OCc4ccccc4)[C@H]3N=[N+]=[N-])[C@H](OCc3ccccc3)[C@H]2OC(C)=O)Cc2ccccc2)cc1. The second kappa shape index (κ2) is 47.8. The van der Waals surface area contributed by atoms with Crippen molar-refractivity contribution < 1.29 is 109 Å². The van der Waals surface area contributed by atoms with Crippen LogP contribution in [0.15, 0.2) is 272 Å². The minimum atomic E-state index is -3.57. The van der Waals surface area contributed by atoms with Crippen LogP contribution in [0, 0.1) is 0 Å². The molecule has 9 aromatic carbocycles. The van der Waals surface area contributed by atoms with Gasteiger partial charge in [0.15, 0.2) is 37.2 Å². The Kier molecular flexibility index (Phi) is 36.1. The maximum absolute atomic E-state index is 14.1. The van der Waals surface area contributed by atoms with Crippen LogP contribution in [-0.4, -0.2) is 183 Å². The molecular weight excluding hydrogens is 1710 g/mol. The van der Waals surface area contributed by atoms with Crippen molar-refractivity contribution in [3.8, 4) is 0 Å². The molecule has 0 N–H and O–H groups in total. The molecule has 131 heavy (non-hydrogen) atoms. The first-order valence-corrected chi connectivity index (χ1v) is 48.2. The van der Waals surface area contributed by atoms with Crippen molar-refractivity contribution in [3.05, 3.63) is 311 Å². The zero-order valence-electron chi connectivity index (χ0n) is 76.1. The van der Waals surface area contributed by atoms with E-state index in [-0.39, 0.29) is 59.4 Å². The van der Waals surface area contributed by atoms with Gasteiger partial charge in [-0.25, -0.2) is 4.79 Å². The average molecular weight is 1830 g/mol. The van der Waals surface area contributed by atoms with E-state index >= 15 is 0 Å². The maximum Gasteiger partial charge on any atom is 0.410 e. The zero-order chi connectivity index (χ0) is 92.9. The monoisotopic (exact) mass is 1820 g/mol. The minimum Gasteiger partial charge on any atom is -0.463 e. The Hall–Kier alpha value is -11.1. The predicted molar refractivity (Wildman–Crippen MR) is 493 cm³/mol. The third kappa shape index (κ3) is 26.7. The summed E-state index contributed by atoms with van der Waals surface area (Å²) < 4.78 is 117. The van der Waals surface area contributed by atoms with Gasteiger partial charge in [0, 0.05) is 59.2 Å². The molecule has 3 fully saturated rings. The molecule has 0 saturated carbocycles. The van der Waals surface area contributed by atoms with E-state index in [1.807, 2.05) is 243 Å². The van der Waals surface area contributed by atoms with Crippen molar-refractivity contribution in [3.63, 3.8) is 0 Å². The highest BCUT2D eigenvalue weighted by Crippen LogP contribution is 2.44. The van der Waals surface area contributed by atoms with Gasteiger partial charge in [-0.05, 0) is 89.0 Å². The van der Waals surface area contributed by atoms with Crippen LogP contribution in [0.4, 0.5) is 4.79 Å². The first-order valence-electron chi connectivity index (χ1n) is 44.4. The second-order valence-electron chi connectivity index (χ2n) is 34.8. The van der Waals surface area contributed by atoms with Crippen LogP contribution in [0.2, 0.25) is 10.1 Å². The summed E-state index contributed by atoms with van der Waals surface area (Å²) in [4.78, 5) is 86.4. The second-order valence-corrected chi connectivity index (χ2v) is 43.4. The smallest absolute Gasteiger partial charge is 0.410 e. The van der Waals surface area contributed by atoms with E-state index in [2.05, 4.69) is 75.8 Å². The standard InChI is InChI=1S/C102H120N4O23Si2/c1-70(107)114-62-79-55-57-80(58-56-79)66-119-100(112)106(61-75-39-21-12-22-40-75)59-37-20-38-60-113-98-95(123-73(4)110)94(118-65-78-45-27-15-28-46-78)91(87(126-98)69-121-131(102(9,10)11,83-51-33-18-34-52-83)84-53-35-19-36-54-84)128-97-88(104-105-103)92(116-63-76-41-23-13-24-42-76)89(85(125-97)67-115-71(2)108)129-99-96(124-74(5)111)93(117-64-77-43-25-14-26-44-77)90(122-72(3)109)86(127-99)68-120-130(101(6,7)8,81-47-29-16-30-48-81)82-49-31-17-32-50-82/h12-19,21-36,39-58,85-99H,20,37-38,59-69H2,1-11H3/t85-,86+,87+,88-,89-,90-,91-,92-,93+,94+,95-,96-,97-,98-,99+/m1/s1. The fraction of sp³-hybridized carbons (Fsp3) is 0.412. The van der Waals surface area contributed by atoms with E-state index in [9.17, 15) is 34.3 Å². The van der Waals surface area contributed by atoms with E-state index < -0.39 is 161 Å². The summed E-state index contributed by atoms with van der Waals surface area (Å²) in [7, 11) is -7.06. The Labute approximate surface area is 768 Å². The van der Waals surface area contributed by atoms with Crippen LogP contribution in [0.3, 0.4) is 0 Å². The molecule has 3 saturated heterocycles. The van der Waals surface area contributed by atoms with Gasteiger partial charge in [-0.15, -0.1) is 0 Å². The Morgan fingerprint density at radius 3 is 1.11 bits per heavy atom. The fourth-order valence-electron chi connectivity index (χ4n) is 17.2. The predicted octanol–water partition coefficient (Wildman–Crippen LogP) is 15.0. The van der Waals surface area contributed by atoms with Crippen molar-refractivity contribution in [2.75, 3.05) is 33.0 Å². The number of ether oxygens (including phenoxy) is 15. The van der Waals surface area contributed by atoms with Gasteiger partial charge in [-0.1, -0.05) is 314 Å². The number of carbonyl (C=O) groups excluding carboxylic acids is 6. The number of rotatable bonds is 42. The normalized spacial score (nSPS) is 22.2. The Balaban J connectivity index is 0.940. The van der Waals surface area contributed by atoms with Crippen LogP contribution < -0.4 is 20.7 Å². The number of esters is 5. The third-order valence-electron chi connectivity index (χ3n) is 23.2. The molecule has 0 aromatic heterocycles. The molecule has 694 valence electrons. The molecule has 1 amide bonds. The molecule has 15 atom stereocenters. The number of hydrogen-bond donors (Lipinski definition) is 0. The number of carbonyl (C=O) groups is 6. The number of amides is 1. The summed E-state index contributed by atoms with van der Waals surface area (Å²) in [6.07, 6.45) is -19.9. The van der Waals surface area contributed by atoms with Crippen LogP contribution >= 0.6 is 0 Å². The number of hydrogen-bond acceptors (Lipinski definition) is 24. The largest absolute Gasteiger partial charge is 0.463 e. The van der Waals surface area contributed by atoms with Gasteiger partial charge < -0.3 is 84.8 Å². The lowest BCUT2D eigenvalue weighted by molar-refractivity contribution is -0.372. The molecule has 0 unspecified atom stereocenters. The van der Waals surface area contributed by atoms with E-state index in [0.717, 1.165) is 37.4 Å². The number of benzene rings is 9. The average Bonchev–Trinajstić information content (AvgIpc) is 0.741. The van der Waals surface area contributed by atoms with Gasteiger partial charge in [-0.3, -0.25) is 24.0 Å². The summed E-state index contributed by atoms with van der Waals surface area (Å²) in [5, 5.41) is 7.05. The van der Waals surface area contributed by atoms with Crippen LogP contribution in [0.5, 0.6) is 0 Å². The van der Waals surface area contributed by atoms with Crippen molar-refractivity contribution in [2.45, 2.75) is 237 Å². The molecule has 12 rings (SSSR count). The number of unbranched alkanes of at least 4 members (excludes halogenated alkanes) is 2. The van der Waals surface area contributed by atoms with Crippen molar-refractivity contribution in [1.29, 1.82) is 0 Å². The lowest BCUT2D eigenvalue weighted by Crippen LogP contribution is -2.70. The van der Waals surface area contributed by atoms with Crippen LogP contribution in [-0.2, 0) is 143 Å². The van der Waals surface area contributed by atoms with Gasteiger partial charge in [0.1, 0.15) is 74.7 Å². The summed E-state index contributed by atoms with van der Waals surface area (Å²) >= 11 is 0. The van der Waals surface area contributed by atoms with Crippen LogP contribution in [0.25, 0.3) is 10.4 Å². The van der Waals surface area contributed by atoms with Gasteiger partial charge in [0.05, 0.1) is 33.0 Å². The maximum atomic E-state index is 14.1. The Morgan fingerprint density at radius 2 is 0.695 bits per heavy atom. The summed E-state index contributed by atoms with van der Waals surface area (Å²) in [6.45, 7) is 18.2. The Bertz CT molecular complexity index is 5030. The van der Waals surface area contributed by atoms with Gasteiger partial charge >= 0.3 is 35.9 Å². The fourth-order valence-corrected chi connectivity index (χ4v) is 26.3.